The Morgan fingerprint density at radius 2 is 1.63 bits per heavy atom. The van der Waals surface area contributed by atoms with Crippen LogP contribution >= 0.6 is 23.2 Å². The first-order valence-corrected chi connectivity index (χ1v) is 12.1. The SMILES string of the molecule is COc1cc(OC)c(Cl)c(-c2ccc(C(=O)Nc3ccc(CN(C)CC(N)=O)cn3)c3nccnc23)c1Cl. The smallest absolute Gasteiger partial charge is 0.259 e. The topological polar surface area (TPSA) is 133 Å². The molecule has 4 rings (SSSR count). The van der Waals surface area contributed by atoms with Crippen molar-refractivity contribution in [2.45, 2.75) is 6.54 Å². The van der Waals surface area contributed by atoms with Crippen molar-refractivity contribution in [3.05, 3.63) is 70.1 Å². The van der Waals surface area contributed by atoms with E-state index in [4.69, 9.17) is 38.4 Å². The van der Waals surface area contributed by atoms with Crippen LogP contribution in [0.15, 0.2) is 48.9 Å². The Hall–Kier alpha value is -3.99. The number of hydrogen-bond donors (Lipinski definition) is 2. The molecule has 3 N–H and O–H groups in total. The number of carbonyl (C=O) groups excluding carboxylic acids is 2. The molecule has 0 spiro atoms. The normalized spacial score (nSPS) is 11.0. The van der Waals surface area contributed by atoms with E-state index < -0.39 is 11.8 Å². The maximum absolute atomic E-state index is 13.2. The van der Waals surface area contributed by atoms with Crippen LogP contribution in [0.25, 0.3) is 22.2 Å². The molecule has 0 aliphatic carbocycles. The molecular weight excluding hydrogens is 531 g/mol. The van der Waals surface area contributed by atoms with E-state index in [1.54, 1.807) is 48.5 Å². The fourth-order valence-electron chi connectivity index (χ4n) is 3.97. The minimum absolute atomic E-state index is 0.127. The van der Waals surface area contributed by atoms with Gasteiger partial charge in [-0.05, 0) is 24.7 Å². The van der Waals surface area contributed by atoms with Crippen molar-refractivity contribution in [2.24, 2.45) is 5.73 Å². The van der Waals surface area contributed by atoms with Crippen molar-refractivity contribution in [1.82, 2.24) is 19.9 Å². The number of amides is 2. The zero-order valence-electron chi connectivity index (χ0n) is 20.8. The van der Waals surface area contributed by atoms with Crippen LogP contribution in [0.3, 0.4) is 0 Å². The highest BCUT2D eigenvalue weighted by molar-refractivity contribution is 6.41. The number of nitrogens with one attached hydrogen (secondary N) is 1. The summed E-state index contributed by atoms with van der Waals surface area (Å²) in [6.07, 6.45) is 4.63. The molecule has 196 valence electrons. The van der Waals surface area contributed by atoms with Gasteiger partial charge in [0.2, 0.25) is 5.91 Å². The van der Waals surface area contributed by atoms with Gasteiger partial charge in [0.15, 0.2) is 0 Å². The first kappa shape index (κ1) is 27.1. The van der Waals surface area contributed by atoms with Crippen LogP contribution in [0.4, 0.5) is 5.82 Å². The molecule has 0 saturated carbocycles. The van der Waals surface area contributed by atoms with E-state index in [2.05, 4.69) is 20.3 Å². The molecule has 2 amide bonds. The molecule has 0 bridgehead atoms. The monoisotopic (exact) mass is 554 g/mol. The third-order valence-corrected chi connectivity index (χ3v) is 6.41. The summed E-state index contributed by atoms with van der Waals surface area (Å²) in [5.74, 6) is 0.254. The first-order valence-electron chi connectivity index (χ1n) is 11.3. The summed E-state index contributed by atoms with van der Waals surface area (Å²) < 4.78 is 10.8. The number of fused-ring (bicyclic) bond motifs is 1. The maximum Gasteiger partial charge on any atom is 0.259 e. The van der Waals surface area contributed by atoms with Crippen LogP contribution in [-0.4, -0.2) is 59.5 Å². The Labute approximate surface area is 228 Å². The van der Waals surface area contributed by atoms with Crippen molar-refractivity contribution in [3.8, 4) is 22.6 Å². The van der Waals surface area contributed by atoms with Crippen LogP contribution in [0.5, 0.6) is 11.5 Å². The Morgan fingerprint density at radius 1 is 0.974 bits per heavy atom. The molecule has 2 aromatic heterocycles. The molecule has 0 radical (unpaired) electrons. The lowest BCUT2D eigenvalue weighted by molar-refractivity contribution is -0.118. The van der Waals surface area contributed by atoms with Gasteiger partial charge in [-0.3, -0.25) is 24.5 Å². The molecule has 0 unspecified atom stereocenters. The number of carbonyl (C=O) groups is 2. The second-order valence-electron chi connectivity index (χ2n) is 8.34. The zero-order chi connectivity index (χ0) is 27.4. The van der Waals surface area contributed by atoms with Crippen LogP contribution in [0.2, 0.25) is 10.0 Å². The number of likely N-dealkylation sites (N-methyl/N-ethyl adjacent to an activating group) is 1. The summed E-state index contributed by atoms with van der Waals surface area (Å²) >= 11 is 13.3. The van der Waals surface area contributed by atoms with Crippen molar-refractivity contribution in [2.75, 3.05) is 33.1 Å². The van der Waals surface area contributed by atoms with Gasteiger partial charge in [-0.25, -0.2) is 4.98 Å². The third-order valence-electron chi connectivity index (χ3n) is 5.66. The van der Waals surface area contributed by atoms with Gasteiger partial charge < -0.3 is 20.5 Å². The Morgan fingerprint density at radius 3 is 2.21 bits per heavy atom. The van der Waals surface area contributed by atoms with Crippen LogP contribution < -0.4 is 20.5 Å². The van der Waals surface area contributed by atoms with Crippen molar-refractivity contribution in [1.29, 1.82) is 0 Å². The van der Waals surface area contributed by atoms with Crippen LogP contribution in [0.1, 0.15) is 15.9 Å². The predicted octanol–water partition coefficient (Wildman–Crippen LogP) is 4.19. The van der Waals surface area contributed by atoms with Crippen molar-refractivity contribution in [3.63, 3.8) is 0 Å². The number of pyridine rings is 1. The van der Waals surface area contributed by atoms with Gasteiger partial charge in [0.05, 0.1) is 41.9 Å². The molecular formula is C26H24Cl2N6O4. The third kappa shape index (κ3) is 5.62. The number of hydrogen-bond acceptors (Lipinski definition) is 8. The van der Waals surface area contributed by atoms with Gasteiger partial charge in [0.25, 0.3) is 5.91 Å². The average molecular weight is 555 g/mol. The fourth-order valence-corrected chi connectivity index (χ4v) is 4.68. The van der Waals surface area contributed by atoms with E-state index in [1.165, 1.54) is 26.6 Å². The van der Waals surface area contributed by atoms with Crippen LogP contribution in [-0.2, 0) is 11.3 Å². The Bertz CT molecular complexity index is 1490. The molecule has 0 aliphatic rings. The number of nitrogens with zero attached hydrogens (tertiary/aromatic N) is 4. The van der Waals surface area contributed by atoms with Gasteiger partial charge in [-0.2, -0.15) is 0 Å². The summed E-state index contributed by atoms with van der Waals surface area (Å²) in [6, 6.07) is 8.39. The number of benzene rings is 2. The van der Waals surface area contributed by atoms with Gasteiger partial charge in [0.1, 0.15) is 22.8 Å². The Balaban J connectivity index is 1.67. The molecule has 0 fully saturated rings. The second-order valence-corrected chi connectivity index (χ2v) is 9.10. The number of nitrogens with two attached hydrogens (primary N) is 1. The highest BCUT2D eigenvalue weighted by Crippen LogP contribution is 2.47. The lowest BCUT2D eigenvalue weighted by atomic mass is 9.99. The van der Waals surface area contributed by atoms with Crippen molar-refractivity contribution < 1.29 is 19.1 Å². The minimum Gasteiger partial charge on any atom is -0.495 e. The molecule has 2 aromatic carbocycles. The average Bonchev–Trinajstić information content (AvgIpc) is 2.89. The number of halogens is 2. The number of rotatable bonds is 9. The molecule has 0 saturated heterocycles. The molecule has 38 heavy (non-hydrogen) atoms. The predicted molar refractivity (Wildman–Crippen MR) is 146 cm³/mol. The van der Waals surface area contributed by atoms with Gasteiger partial charge in [0, 0.05) is 42.3 Å². The summed E-state index contributed by atoms with van der Waals surface area (Å²) in [7, 11) is 4.76. The first-order chi connectivity index (χ1) is 18.2. The lowest BCUT2D eigenvalue weighted by Gasteiger charge is -2.16. The quantitative estimate of drug-likeness (QED) is 0.314. The number of anilines is 1. The summed E-state index contributed by atoms with van der Waals surface area (Å²) in [6.45, 7) is 0.605. The zero-order valence-corrected chi connectivity index (χ0v) is 22.3. The van der Waals surface area contributed by atoms with E-state index in [9.17, 15) is 9.59 Å². The second kappa shape index (κ2) is 11.6. The Kier molecular flexibility index (Phi) is 8.26. The molecule has 2 heterocycles. The molecule has 4 aromatic rings. The largest absolute Gasteiger partial charge is 0.495 e. The van der Waals surface area contributed by atoms with Crippen LogP contribution in [0, 0.1) is 0 Å². The minimum atomic E-state index is -0.423. The number of ether oxygens (including phenoxy) is 2. The van der Waals surface area contributed by atoms with E-state index in [0.29, 0.717) is 46.0 Å². The molecule has 12 heteroatoms. The fraction of sp³-hybridized carbons (Fsp3) is 0.192. The van der Waals surface area contributed by atoms with Gasteiger partial charge >= 0.3 is 0 Å². The summed E-state index contributed by atoms with van der Waals surface area (Å²) in [4.78, 5) is 39.3. The molecule has 0 atom stereocenters. The number of primary amides is 1. The van der Waals surface area contributed by atoms with E-state index in [0.717, 1.165) is 5.56 Å². The number of aromatic nitrogens is 3. The highest BCUT2D eigenvalue weighted by atomic mass is 35.5. The lowest BCUT2D eigenvalue weighted by Crippen LogP contribution is -2.30. The van der Waals surface area contributed by atoms with Gasteiger partial charge in [-0.15, -0.1) is 0 Å². The maximum atomic E-state index is 13.2. The highest BCUT2D eigenvalue weighted by Gasteiger charge is 2.23. The van der Waals surface area contributed by atoms with E-state index in [-0.39, 0.29) is 22.2 Å². The van der Waals surface area contributed by atoms with Crippen molar-refractivity contribution >= 4 is 51.9 Å². The molecule has 10 nitrogen and oxygen atoms in total. The summed E-state index contributed by atoms with van der Waals surface area (Å²) in [5, 5.41) is 3.33. The van der Waals surface area contributed by atoms with Gasteiger partial charge in [-0.1, -0.05) is 35.3 Å². The van der Waals surface area contributed by atoms with E-state index >= 15 is 0 Å². The molecule has 0 aliphatic heterocycles. The number of methoxy groups -OCH3 is 2. The summed E-state index contributed by atoms with van der Waals surface area (Å²) in [5.41, 5.74) is 8.13. The van der Waals surface area contributed by atoms with E-state index in [1.807, 2.05) is 0 Å². The standard InChI is InChI=1S/C26H24Cl2N6O4/c1-34(13-19(29)35)12-14-4-7-20(32-11-14)33-26(36)16-6-5-15(24-25(16)31-9-8-30-24)21-22(27)17(37-2)10-18(38-3)23(21)28/h4-11H,12-13H2,1-3H3,(H2,29,35)(H,32,33,36).